The Bertz CT molecular complexity index is 810. The van der Waals surface area contributed by atoms with Crippen LogP contribution in [0.5, 0.6) is 11.5 Å². The molecule has 140 valence electrons. The summed E-state index contributed by atoms with van der Waals surface area (Å²) < 4.78 is 10.9. The van der Waals surface area contributed by atoms with Crippen LogP contribution in [0.25, 0.3) is 0 Å². The maximum Gasteiger partial charge on any atom is 0.315 e. The lowest BCUT2D eigenvalue weighted by Gasteiger charge is -2.34. The summed E-state index contributed by atoms with van der Waals surface area (Å²) in [7, 11) is 1.49. The highest BCUT2D eigenvalue weighted by Gasteiger charge is 2.35. The molecule has 0 spiro atoms. The molecule has 1 aliphatic carbocycles. The lowest BCUT2D eigenvalue weighted by molar-refractivity contribution is 0.214. The van der Waals surface area contributed by atoms with Crippen LogP contribution in [0.15, 0.2) is 28.7 Å². The summed E-state index contributed by atoms with van der Waals surface area (Å²) in [6, 6.07) is 6.72. The van der Waals surface area contributed by atoms with Crippen molar-refractivity contribution in [1.82, 2.24) is 10.6 Å². The van der Waals surface area contributed by atoms with Gasteiger partial charge in [0, 0.05) is 18.5 Å². The molecule has 2 amide bonds. The second-order valence-electron chi connectivity index (χ2n) is 7.67. The summed E-state index contributed by atoms with van der Waals surface area (Å²) in [6.07, 6.45) is 1.74. The second kappa shape index (κ2) is 6.94. The van der Waals surface area contributed by atoms with Gasteiger partial charge in [-0.3, -0.25) is 0 Å². The van der Waals surface area contributed by atoms with Crippen LogP contribution < -0.4 is 15.4 Å². The molecule has 1 aromatic carbocycles. The molecule has 0 bridgehead atoms. The van der Waals surface area contributed by atoms with Crippen molar-refractivity contribution >= 4 is 6.03 Å². The summed E-state index contributed by atoms with van der Waals surface area (Å²) >= 11 is 0. The van der Waals surface area contributed by atoms with Gasteiger partial charge in [0.1, 0.15) is 11.5 Å². The predicted octanol–water partition coefficient (Wildman–Crippen LogP) is 3.82. The van der Waals surface area contributed by atoms with E-state index >= 15 is 0 Å². The molecule has 1 aliphatic rings. The fourth-order valence-electron chi connectivity index (χ4n) is 3.54. The number of aryl methyl sites for hydroxylation is 1. The van der Waals surface area contributed by atoms with Crippen molar-refractivity contribution < 1.29 is 19.1 Å². The number of rotatable bonds is 4. The first-order chi connectivity index (χ1) is 12.3. The molecule has 0 radical (unpaired) electrons. The molecule has 0 saturated heterocycles. The standard InChI is InChI=1S/C20H26N2O4/c1-12-7-14-15(9-20(2,3)10-18(14)26-12)22-19(24)21-11-13-5-6-16(23)17(8-13)25-4/h5-8,15,23H,9-11H2,1-4H3,(H2,21,22,24)/t15-/m0/s1. The number of aromatic hydroxyl groups is 1. The van der Waals surface area contributed by atoms with Crippen LogP contribution in [0.4, 0.5) is 4.79 Å². The van der Waals surface area contributed by atoms with E-state index in [1.54, 1.807) is 18.2 Å². The Morgan fingerprint density at radius 2 is 2.15 bits per heavy atom. The molecule has 6 nitrogen and oxygen atoms in total. The van der Waals surface area contributed by atoms with Gasteiger partial charge in [-0.1, -0.05) is 19.9 Å². The molecule has 1 heterocycles. The molecule has 0 aliphatic heterocycles. The normalized spacial score (nSPS) is 18.1. The Hall–Kier alpha value is -2.63. The van der Waals surface area contributed by atoms with Gasteiger partial charge in [-0.2, -0.15) is 0 Å². The van der Waals surface area contributed by atoms with E-state index < -0.39 is 0 Å². The monoisotopic (exact) mass is 358 g/mol. The molecule has 0 unspecified atom stereocenters. The Morgan fingerprint density at radius 3 is 2.88 bits per heavy atom. The summed E-state index contributed by atoms with van der Waals surface area (Å²) in [5, 5.41) is 15.6. The van der Waals surface area contributed by atoms with Gasteiger partial charge >= 0.3 is 6.03 Å². The molecular formula is C20H26N2O4. The first-order valence-electron chi connectivity index (χ1n) is 8.77. The van der Waals surface area contributed by atoms with E-state index in [1.807, 2.05) is 13.0 Å². The maximum atomic E-state index is 12.4. The zero-order valence-corrected chi connectivity index (χ0v) is 15.7. The van der Waals surface area contributed by atoms with Crippen molar-refractivity contribution in [3.05, 3.63) is 46.9 Å². The summed E-state index contributed by atoms with van der Waals surface area (Å²) in [5.41, 5.74) is 1.99. The lowest BCUT2D eigenvalue weighted by atomic mass is 9.75. The number of nitrogens with one attached hydrogen (secondary N) is 2. The third-order valence-corrected chi connectivity index (χ3v) is 4.74. The van der Waals surface area contributed by atoms with Gasteiger partial charge in [0.2, 0.25) is 0 Å². The zero-order chi connectivity index (χ0) is 18.9. The van der Waals surface area contributed by atoms with E-state index in [-0.39, 0.29) is 23.2 Å². The summed E-state index contributed by atoms with van der Waals surface area (Å²) in [4.78, 5) is 12.4. The molecule has 1 atom stereocenters. The van der Waals surface area contributed by atoms with E-state index in [0.29, 0.717) is 12.3 Å². The first-order valence-corrected chi connectivity index (χ1v) is 8.77. The van der Waals surface area contributed by atoms with Crippen molar-refractivity contribution in [3.63, 3.8) is 0 Å². The molecule has 1 aromatic heterocycles. The summed E-state index contributed by atoms with van der Waals surface area (Å²) in [5.74, 6) is 2.30. The number of hydrogen-bond acceptors (Lipinski definition) is 4. The largest absolute Gasteiger partial charge is 0.504 e. The third kappa shape index (κ3) is 3.95. The van der Waals surface area contributed by atoms with Crippen LogP contribution in [0.2, 0.25) is 0 Å². The number of phenols is 1. The number of phenolic OH excluding ortho intramolecular Hbond substituents is 1. The number of amides is 2. The molecule has 2 aromatic rings. The Balaban J connectivity index is 1.65. The molecule has 0 fully saturated rings. The number of hydrogen-bond donors (Lipinski definition) is 3. The molecular weight excluding hydrogens is 332 g/mol. The number of methoxy groups -OCH3 is 1. The fraction of sp³-hybridized carbons (Fsp3) is 0.450. The van der Waals surface area contributed by atoms with Gasteiger partial charge in [0.05, 0.1) is 13.2 Å². The van der Waals surface area contributed by atoms with E-state index in [4.69, 9.17) is 9.15 Å². The van der Waals surface area contributed by atoms with E-state index in [0.717, 1.165) is 35.5 Å². The minimum absolute atomic E-state index is 0.0689. The quantitative estimate of drug-likeness (QED) is 0.776. The minimum atomic E-state index is -0.232. The van der Waals surface area contributed by atoms with Crippen molar-refractivity contribution in [3.8, 4) is 11.5 Å². The number of ether oxygens (including phenoxy) is 1. The Morgan fingerprint density at radius 1 is 1.38 bits per heavy atom. The highest BCUT2D eigenvalue weighted by Crippen LogP contribution is 2.41. The topological polar surface area (TPSA) is 83.7 Å². The van der Waals surface area contributed by atoms with Gasteiger partial charge in [0.25, 0.3) is 0 Å². The average Bonchev–Trinajstić information content (AvgIpc) is 2.93. The van der Waals surface area contributed by atoms with Crippen molar-refractivity contribution in [1.29, 1.82) is 0 Å². The number of carbonyl (C=O) groups is 1. The van der Waals surface area contributed by atoms with Gasteiger partial charge in [-0.25, -0.2) is 4.79 Å². The molecule has 0 saturated carbocycles. The zero-order valence-electron chi connectivity index (χ0n) is 15.7. The SMILES string of the molecule is COc1cc(CNC(=O)N[C@H]2CC(C)(C)Cc3oc(C)cc32)ccc1O. The Kier molecular flexibility index (Phi) is 4.85. The minimum Gasteiger partial charge on any atom is -0.504 e. The van der Waals surface area contributed by atoms with E-state index in [2.05, 4.69) is 24.5 Å². The molecule has 6 heteroatoms. The van der Waals surface area contributed by atoms with Gasteiger partial charge in [0.15, 0.2) is 11.5 Å². The molecule has 3 N–H and O–H groups in total. The van der Waals surface area contributed by atoms with Crippen LogP contribution in [0.1, 0.15) is 49.0 Å². The number of urea groups is 1. The highest BCUT2D eigenvalue weighted by molar-refractivity contribution is 5.74. The highest BCUT2D eigenvalue weighted by atomic mass is 16.5. The van der Waals surface area contributed by atoms with Crippen LogP contribution in [0, 0.1) is 12.3 Å². The Labute approximate surface area is 153 Å². The van der Waals surface area contributed by atoms with Crippen LogP contribution in [-0.4, -0.2) is 18.2 Å². The van der Waals surface area contributed by atoms with E-state index in [1.165, 1.54) is 7.11 Å². The van der Waals surface area contributed by atoms with Crippen LogP contribution in [-0.2, 0) is 13.0 Å². The van der Waals surface area contributed by atoms with Crippen LogP contribution in [0.3, 0.4) is 0 Å². The third-order valence-electron chi connectivity index (χ3n) is 4.74. The number of carbonyl (C=O) groups excluding carboxylic acids is 1. The first kappa shape index (κ1) is 18.2. The number of benzene rings is 1. The number of fused-ring (bicyclic) bond motifs is 1. The predicted molar refractivity (Wildman–Crippen MR) is 98.3 cm³/mol. The van der Waals surface area contributed by atoms with Crippen molar-refractivity contribution in [2.24, 2.45) is 5.41 Å². The van der Waals surface area contributed by atoms with Crippen molar-refractivity contribution in [2.75, 3.05) is 7.11 Å². The van der Waals surface area contributed by atoms with Crippen LogP contribution >= 0.6 is 0 Å². The van der Waals surface area contributed by atoms with Gasteiger partial charge in [-0.05, 0) is 42.5 Å². The summed E-state index contributed by atoms with van der Waals surface area (Å²) in [6.45, 7) is 6.64. The molecule has 3 rings (SSSR count). The van der Waals surface area contributed by atoms with E-state index in [9.17, 15) is 9.90 Å². The van der Waals surface area contributed by atoms with Crippen molar-refractivity contribution in [2.45, 2.75) is 46.2 Å². The van der Waals surface area contributed by atoms with Gasteiger partial charge < -0.3 is 24.9 Å². The smallest absolute Gasteiger partial charge is 0.315 e. The van der Waals surface area contributed by atoms with Gasteiger partial charge in [-0.15, -0.1) is 0 Å². The fourth-order valence-corrected chi connectivity index (χ4v) is 3.54. The average molecular weight is 358 g/mol. The maximum absolute atomic E-state index is 12.4. The number of furan rings is 1. The lowest BCUT2D eigenvalue weighted by Crippen LogP contribution is -2.41. The second-order valence-corrected chi connectivity index (χ2v) is 7.67. The molecule has 26 heavy (non-hydrogen) atoms.